The first-order valence-corrected chi connectivity index (χ1v) is 8.86. The molecular formula is C21H25N3O. The van der Waals surface area contributed by atoms with E-state index in [2.05, 4.69) is 46.8 Å². The van der Waals surface area contributed by atoms with E-state index < -0.39 is 0 Å². The van der Waals surface area contributed by atoms with Crippen molar-refractivity contribution in [3.63, 3.8) is 0 Å². The molecule has 0 saturated carbocycles. The van der Waals surface area contributed by atoms with Crippen LogP contribution in [0.15, 0.2) is 54.6 Å². The van der Waals surface area contributed by atoms with Crippen LogP contribution in [0.2, 0.25) is 0 Å². The van der Waals surface area contributed by atoms with Crippen LogP contribution in [0.4, 0.5) is 4.79 Å². The Morgan fingerprint density at radius 1 is 0.920 bits per heavy atom. The summed E-state index contributed by atoms with van der Waals surface area (Å²) in [4.78, 5) is 15.3. The van der Waals surface area contributed by atoms with Gasteiger partial charge in [0.2, 0.25) is 0 Å². The molecule has 0 saturated heterocycles. The fourth-order valence-electron chi connectivity index (χ4n) is 3.16. The first kappa shape index (κ1) is 17.1. The summed E-state index contributed by atoms with van der Waals surface area (Å²) in [6, 6.07) is 18.5. The van der Waals surface area contributed by atoms with Crippen LogP contribution in [0.25, 0.3) is 10.9 Å². The Kier molecular flexibility index (Phi) is 5.73. The number of nitrogens with one attached hydrogen (secondary N) is 3. The standard InChI is InChI=1S/C21H25N3O/c1-16-18(19-11-5-6-12-20(19)24-16)13-15-23-21(25)22-14-7-10-17-8-3-2-4-9-17/h2-6,8-9,11-12,24H,7,10,13-15H2,1H3,(H2,22,23,25). The van der Waals surface area contributed by atoms with Crippen molar-refractivity contribution in [1.29, 1.82) is 0 Å². The molecule has 3 rings (SSSR count). The van der Waals surface area contributed by atoms with Gasteiger partial charge in [-0.2, -0.15) is 0 Å². The molecule has 0 fully saturated rings. The highest BCUT2D eigenvalue weighted by Gasteiger charge is 2.08. The van der Waals surface area contributed by atoms with Gasteiger partial charge in [-0.15, -0.1) is 0 Å². The molecule has 0 aliphatic heterocycles. The first-order valence-electron chi connectivity index (χ1n) is 8.86. The van der Waals surface area contributed by atoms with E-state index in [-0.39, 0.29) is 6.03 Å². The van der Waals surface area contributed by atoms with Crippen LogP contribution in [0.5, 0.6) is 0 Å². The lowest BCUT2D eigenvalue weighted by Crippen LogP contribution is -2.37. The molecule has 130 valence electrons. The number of carbonyl (C=O) groups excluding carboxylic acids is 1. The number of para-hydroxylation sites is 1. The van der Waals surface area contributed by atoms with Crippen LogP contribution in [-0.2, 0) is 12.8 Å². The van der Waals surface area contributed by atoms with Gasteiger partial charge in [-0.3, -0.25) is 0 Å². The number of H-pyrrole nitrogens is 1. The van der Waals surface area contributed by atoms with Crippen molar-refractivity contribution < 1.29 is 4.79 Å². The molecule has 4 heteroatoms. The van der Waals surface area contributed by atoms with Crippen molar-refractivity contribution in [1.82, 2.24) is 15.6 Å². The number of aromatic amines is 1. The quantitative estimate of drug-likeness (QED) is 0.563. The molecule has 4 nitrogen and oxygen atoms in total. The predicted octanol–water partition coefficient (Wildman–Crippen LogP) is 3.95. The van der Waals surface area contributed by atoms with E-state index in [1.807, 2.05) is 30.3 Å². The molecule has 1 aromatic heterocycles. The van der Waals surface area contributed by atoms with Gasteiger partial charge in [-0.1, -0.05) is 48.5 Å². The Bertz CT molecular complexity index is 824. The molecule has 3 aromatic rings. The Morgan fingerprint density at radius 2 is 1.64 bits per heavy atom. The second-order valence-corrected chi connectivity index (χ2v) is 6.30. The van der Waals surface area contributed by atoms with Crippen LogP contribution in [-0.4, -0.2) is 24.1 Å². The molecule has 0 bridgehead atoms. The largest absolute Gasteiger partial charge is 0.358 e. The van der Waals surface area contributed by atoms with E-state index in [0.717, 1.165) is 24.8 Å². The van der Waals surface area contributed by atoms with Gasteiger partial charge in [0.15, 0.2) is 0 Å². The zero-order valence-corrected chi connectivity index (χ0v) is 14.6. The van der Waals surface area contributed by atoms with E-state index in [9.17, 15) is 4.79 Å². The van der Waals surface area contributed by atoms with E-state index in [1.54, 1.807) is 0 Å². The molecule has 0 aliphatic rings. The van der Waals surface area contributed by atoms with Crippen LogP contribution in [0.1, 0.15) is 23.2 Å². The monoisotopic (exact) mass is 335 g/mol. The molecule has 0 spiro atoms. The molecule has 3 N–H and O–H groups in total. The summed E-state index contributed by atoms with van der Waals surface area (Å²) < 4.78 is 0. The van der Waals surface area contributed by atoms with Crippen molar-refractivity contribution in [2.75, 3.05) is 13.1 Å². The number of fused-ring (bicyclic) bond motifs is 1. The van der Waals surface area contributed by atoms with Gasteiger partial charge in [0.1, 0.15) is 0 Å². The number of hydrogen-bond donors (Lipinski definition) is 3. The number of hydrogen-bond acceptors (Lipinski definition) is 1. The maximum atomic E-state index is 11.9. The summed E-state index contributed by atoms with van der Waals surface area (Å²) in [6.07, 6.45) is 2.75. The van der Waals surface area contributed by atoms with Gasteiger partial charge in [0, 0.05) is 29.7 Å². The highest BCUT2D eigenvalue weighted by atomic mass is 16.2. The average molecular weight is 335 g/mol. The summed E-state index contributed by atoms with van der Waals surface area (Å²) in [5.41, 5.74) is 4.91. The van der Waals surface area contributed by atoms with E-state index in [1.165, 1.54) is 22.2 Å². The SMILES string of the molecule is Cc1[nH]c2ccccc2c1CCNC(=O)NCCCc1ccccc1. The second-order valence-electron chi connectivity index (χ2n) is 6.30. The molecular weight excluding hydrogens is 310 g/mol. The van der Waals surface area contributed by atoms with Gasteiger partial charge in [0.25, 0.3) is 0 Å². The number of amides is 2. The molecule has 25 heavy (non-hydrogen) atoms. The van der Waals surface area contributed by atoms with Gasteiger partial charge in [-0.05, 0) is 43.4 Å². The van der Waals surface area contributed by atoms with Crippen LogP contribution in [0.3, 0.4) is 0 Å². The van der Waals surface area contributed by atoms with Crippen molar-refractivity contribution in [3.05, 3.63) is 71.4 Å². The summed E-state index contributed by atoms with van der Waals surface area (Å²) in [7, 11) is 0. The Labute approximate surface area is 148 Å². The predicted molar refractivity (Wildman–Crippen MR) is 103 cm³/mol. The molecule has 0 aliphatic carbocycles. The zero-order valence-electron chi connectivity index (χ0n) is 14.6. The first-order chi connectivity index (χ1) is 12.2. The minimum Gasteiger partial charge on any atom is -0.358 e. The lowest BCUT2D eigenvalue weighted by atomic mass is 10.1. The minimum absolute atomic E-state index is 0.0921. The zero-order chi connectivity index (χ0) is 17.5. The number of aryl methyl sites for hydroxylation is 2. The Balaban J connectivity index is 1.38. The van der Waals surface area contributed by atoms with Gasteiger partial charge >= 0.3 is 6.03 Å². The maximum Gasteiger partial charge on any atom is 0.314 e. The third kappa shape index (κ3) is 4.63. The van der Waals surface area contributed by atoms with Crippen LogP contribution in [0, 0.1) is 6.92 Å². The normalized spacial score (nSPS) is 10.8. The number of benzene rings is 2. The smallest absolute Gasteiger partial charge is 0.314 e. The van der Waals surface area contributed by atoms with Crippen molar-refractivity contribution in [3.8, 4) is 0 Å². The van der Waals surface area contributed by atoms with Gasteiger partial charge < -0.3 is 15.6 Å². The maximum absolute atomic E-state index is 11.9. The second kappa shape index (κ2) is 8.38. The molecule has 0 unspecified atom stereocenters. The molecule has 0 atom stereocenters. The number of carbonyl (C=O) groups is 1. The van der Waals surface area contributed by atoms with E-state index in [4.69, 9.17) is 0 Å². The van der Waals surface area contributed by atoms with E-state index in [0.29, 0.717) is 13.1 Å². The lowest BCUT2D eigenvalue weighted by Gasteiger charge is -2.08. The van der Waals surface area contributed by atoms with Crippen molar-refractivity contribution in [2.24, 2.45) is 0 Å². The van der Waals surface area contributed by atoms with Crippen LogP contribution < -0.4 is 10.6 Å². The third-order valence-electron chi connectivity index (χ3n) is 4.46. The van der Waals surface area contributed by atoms with Gasteiger partial charge in [-0.25, -0.2) is 4.79 Å². The fourth-order valence-corrected chi connectivity index (χ4v) is 3.16. The molecule has 0 radical (unpaired) electrons. The molecule has 1 heterocycles. The van der Waals surface area contributed by atoms with E-state index >= 15 is 0 Å². The summed E-state index contributed by atoms with van der Waals surface area (Å²) >= 11 is 0. The topological polar surface area (TPSA) is 56.9 Å². The average Bonchev–Trinajstić information content (AvgIpc) is 2.95. The minimum atomic E-state index is -0.0921. The third-order valence-corrected chi connectivity index (χ3v) is 4.46. The lowest BCUT2D eigenvalue weighted by molar-refractivity contribution is 0.241. The van der Waals surface area contributed by atoms with Gasteiger partial charge in [0.05, 0.1) is 0 Å². The highest BCUT2D eigenvalue weighted by Crippen LogP contribution is 2.21. The summed E-state index contributed by atoms with van der Waals surface area (Å²) in [5, 5.41) is 7.12. The summed E-state index contributed by atoms with van der Waals surface area (Å²) in [5.74, 6) is 0. The number of urea groups is 1. The summed E-state index contributed by atoms with van der Waals surface area (Å²) in [6.45, 7) is 3.40. The Morgan fingerprint density at radius 3 is 2.48 bits per heavy atom. The van der Waals surface area contributed by atoms with Crippen LogP contribution >= 0.6 is 0 Å². The fraction of sp³-hybridized carbons (Fsp3) is 0.286. The highest BCUT2D eigenvalue weighted by molar-refractivity contribution is 5.84. The van der Waals surface area contributed by atoms with Crippen molar-refractivity contribution >= 4 is 16.9 Å². The van der Waals surface area contributed by atoms with Crippen molar-refractivity contribution in [2.45, 2.75) is 26.2 Å². The number of aromatic nitrogens is 1. The molecule has 2 amide bonds. The number of rotatable bonds is 7. The Hall–Kier alpha value is -2.75. The molecule has 2 aromatic carbocycles.